The number of carbonyl (C=O) groups excluding carboxylic acids is 2. The number of halogens is 6. The maximum atomic E-state index is 16.3. The molecule has 0 unspecified atom stereocenters. The molecule has 6 rings (SSSR count). The number of pyridine rings is 1. The highest BCUT2D eigenvalue weighted by atomic mass is 31.2. The first-order chi connectivity index (χ1) is 29.3. The molecule has 0 aliphatic carbocycles. The van der Waals surface area contributed by atoms with Crippen LogP contribution in [-0.4, -0.2) is 46.5 Å². The van der Waals surface area contributed by atoms with Crippen molar-refractivity contribution in [2.24, 2.45) is 0 Å². The molecule has 0 fully saturated rings. The maximum Gasteiger partial charge on any atom is 0.478 e. The molecule has 0 N–H and O–H groups in total. The average molecular weight is 886 g/mol. The summed E-state index contributed by atoms with van der Waals surface area (Å²) in [5.74, 6) is -14.5. The van der Waals surface area contributed by atoms with E-state index in [-0.39, 0.29) is 29.4 Å². The standard InChI is InChI=1S/C43H38F6N3O9P/c1-42(2,3)61-41(54)52(38-36(46)34(44)32(35(45)37(38)47)29-18-13-19-30(22-29)56-25-43(4,48)49)40(53)33-31-20-11-12-21-51(31)50-39(33)57-26-60-62(55,58-23-27-14-7-5-8-15-27)59-24-28-16-9-6-10-17-28/h5-22H,23-26H2,1-4H3. The summed E-state index contributed by atoms with van der Waals surface area (Å²) in [4.78, 5) is 28.2. The van der Waals surface area contributed by atoms with Gasteiger partial charge in [0.1, 0.15) is 22.6 Å². The van der Waals surface area contributed by atoms with E-state index < -0.39 is 96.3 Å². The maximum absolute atomic E-state index is 16.3. The molecule has 2 aromatic heterocycles. The molecule has 0 bridgehead atoms. The summed E-state index contributed by atoms with van der Waals surface area (Å²) in [5.41, 5.74) is -4.70. The molecular weight excluding hydrogens is 847 g/mol. The smallest absolute Gasteiger partial charge is 0.478 e. The van der Waals surface area contributed by atoms with Gasteiger partial charge in [0.25, 0.3) is 11.8 Å². The average Bonchev–Trinajstić information content (AvgIpc) is 3.60. The lowest BCUT2D eigenvalue weighted by Gasteiger charge is -2.27. The lowest BCUT2D eigenvalue weighted by atomic mass is 10.0. The number of alkyl halides is 2. The number of rotatable bonds is 16. The van der Waals surface area contributed by atoms with Crippen LogP contribution < -0.4 is 14.4 Å². The first-order valence-corrected chi connectivity index (χ1v) is 20.1. The lowest BCUT2D eigenvalue weighted by molar-refractivity contribution is -0.0229. The van der Waals surface area contributed by atoms with Gasteiger partial charge >= 0.3 is 13.9 Å². The van der Waals surface area contributed by atoms with E-state index in [0.29, 0.717) is 18.1 Å². The number of phosphoric ester groups is 1. The summed E-state index contributed by atoms with van der Waals surface area (Å²) < 4.78 is 139. The first kappa shape index (κ1) is 45.3. The Morgan fingerprint density at radius 1 is 0.726 bits per heavy atom. The van der Waals surface area contributed by atoms with Crippen LogP contribution in [-0.2, 0) is 36.1 Å². The van der Waals surface area contributed by atoms with Crippen LogP contribution in [0.1, 0.15) is 49.2 Å². The Labute approximate surface area is 351 Å². The highest BCUT2D eigenvalue weighted by Gasteiger charge is 2.41. The van der Waals surface area contributed by atoms with Crippen LogP contribution in [0.5, 0.6) is 11.6 Å². The summed E-state index contributed by atoms with van der Waals surface area (Å²) in [7, 11) is -4.49. The predicted molar refractivity (Wildman–Crippen MR) is 213 cm³/mol. The molecule has 12 nitrogen and oxygen atoms in total. The molecule has 19 heteroatoms. The Hall–Kier alpha value is -6.20. The van der Waals surface area contributed by atoms with Crippen molar-refractivity contribution in [3.05, 3.63) is 149 Å². The van der Waals surface area contributed by atoms with Crippen LogP contribution in [0.4, 0.5) is 36.8 Å². The van der Waals surface area contributed by atoms with Crippen molar-refractivity contribution in [3.8, 4) is 22.8 Å². The van der Waals surface area contributed by atoms with Crippen molar-refractivity contribution in [1.82, 2.24) is 9.61 Å². The van der Waals surface area contributed by atoms with Gasteiger partial charge in [-0.25, -0.2) is 49.6 Å². The highest BCUT2D eigenvalue weighted by molar-refractivity contribution is 7.48. The summed E-state index contributed by atoms with van der Waals surface area (Å²) >= 11 is 0. The van der Waals surface area contributed by atoms with E-state index in [1.54, 1.807) is 60.7 Å². The van der Waals surface area contributed by atoms with Crippen molar-refractivity contribution in [2.75, 3.05) is 18.3 Å². The molecule has 0 saturated carbocycles. The Kier molecular flexibility index (Phi) is 13.8. The molecule has 0 aliphatic rings. The lowest BCUT2D eigenvalue weighted by Crippen LogP contribution is -2.42. The Balaban J connectivity index is 1.37. The summed E-state index contributed by atoms with van der Waals surface area (Å²) in [6.45, 7) is 2.06. The van der Waals surface area contributed by atoms with Gasteiger partial charge in [0.05, 0.1) is 24.3 Å². The van der Waals surface area contributed by atoms with E-state index in [1.165, 1.54) is 51.2 Å². The Bertz CT molecular complexity index is 2530. The number of carbonyl (C=O) groups is 2. The van der Waals surface area contributed by atoms with Gasteiger partial charge in [0.15, 0.2) is 29.9 Å². The van der Waals surface area contributed by atoms with Gasteiger partial charge in [-0.15, -0.1) is 5.10 Å². The molecular formula is C43H38F6N3O9P. The number of fused-ring (bicyclic) bond motifs is 1. The Morgan fingerprint density at radius 3 is 1.87 bits per heavy atom. The van der Waals surface area contributed by atoms with Crippen molar-refractivity contribution in [3.63, 3.8) is 0 Å². The SMILES string of the molecule is CC(F)(F)COc1cccc(-c2c(F)c(F)c(N(C(=O)OC(C)(C)C)C(=O)c3c(OCOP(=O)(OCc4ccccc4)OCc4ccccc4)nn4ccccc34)c(F)c2F)c1. The second kappa shape index (κ2) is 18.8. The fourth-order valence-corrected chi connectivity index (χ4v) is 6.73. The van der Waals surface area contributed by atoms with Crippen LogP contribution in [0.3, 0.4) is 0 Å². The normalized spacial score (nSPS) is 12.0. The number of imide groups is 1. The van der Waals surface area contributed by atoms with Crippen molar-refractivity contribution < 1.29 is 68.3 Å². The van der Waals surface area contributed by atoms with Crippen LogP contribution >= 0.6 is 7.82 Å². The number of hydrogen-bond donors (Lipinski definition) is 0. The predicted octanol–water partition coefficient (Wildman–Crippen LogP) is 11.1. The Morgan fingerprint density at radius 2 is 1.31 bits per heavy atom. The minimum atomic E-state index is -4.49. The topological polar surface area (TPSA) is 127 Å². The molecule has 2 amide bonds. The fourth-order valence-electron chi connectivity index (χ4n) is 5.71. The third-order valence-corrected chi connectivity index (χ3v) is 9.76. The van der Waals surface area contributed by atoms with E-state index in [4.69, 9.17) is 27.8 Å². The number of amides is 2. The molecule has 2 heterocycles. The zero-order chi connectivity index (χ0) is 44.8. The summed E-state index contributed by atoms with van der Waals surface area (Å²) in [5, 5.41) is 4.17. The van der Waals surface area contributed by atoms with Crippen LogP contribution in [0.15, 0.2) is 109 Å². The van der Waals surface area contributed by atoms with Crippen LogP contribution in [0, 0.1) is 23.3 Å². The highest BCUT2D eigenvalue weighted by Crippen LogP contribution is 2.51. The number of hydrogen-bond acceptors (Lipinski definition) is 10. The zero-order valence-corrected chi connectivity index (χ0v) is 34.3. The van der Waals surface area contributed by atoms with E-state index in [0.717, 1.165) is 22.7 Å². The van der Waals surface area contributed by atoms with Crippen LogP contribution in [0.25, 0.3) is 16.6 Å². The van der Waals surface area contributed by atoms with Crippen molar-refractivity contribution in [2.45, 2.75) is 52.4 Å². The third kappa shape index (κ3) is 11.0. The van der Waals surface area contributed by atoms with Gasteiger partial charge in [-0.05, 0) is 61.7 Å². The van der Waals surface area contributed by atoms with Crippen molar-refractivity contribution >= 4 is 31.0 Å². The van der Waals surface area contributed by atoms with E-state index in [9.17, 15) is 22.9 Å². The van der Waals surface area contributed by atoms with Crippen LogP contribution in [0.2, 0.25) is 0 Å². The fraction of sp³-hybridized carbons (Fsp3) is 0.233. The van der Waals surface area contributed by atoms with Gasteiger partial charge in [-0.1, -0.05) is 78.9 Å². The van der Waals surface area contributed by atoms with E-state index >= 15 is 17.6 Å². The third-order valence-electron chi connectivity index (χ3n) is 8.45. The first-order valence-electron chi connectivity index (χ1n) is 18.6. The largest absolute Gasteiger partial charge is 0.487 e. The number of anilines is 1. The summed E-state index contributed by atoms with van der Waals surface area (Å²) in [6.07, 6.45) is -0.433. The minimum Gasteiger partial charge on any atom is -0.487 e. The molecule has 0 aliphatic heterocycles. The second-order valence-corrected chi connectivity index (χ2v) is 16.2. The number of ether oxygens (including phenoxy) is 3. The molecule has 0 saturated heterocycles. The van der Waals surface area contributed by atoms with Gasteiger partial charge < -0.3 is 14.2 Å². The molecule has 0 radical (unpaired) electrons. The minimum absolute atomic E-state index is 0.141. The number of phosphoric acid groups is 1. The molecule has 4 aromatic carbocycles. The van der Waals surface area contributed by atoms with Gasteiger partial charge in [0.2, 0.25) is 12.7 Å². The molecule has 0 atom stereocenters. The van der Waals surface area contributed by atoms with Gasteiger partial charge in [-0.3, -0.25) is 13.8 Å². The second-order valence-electron chi connectivity index (χ2n) is 14.6. The molecule has 326 valence electrons. The molecule has 6 aromatic rings. The summed E-state index contributed by atoms with van der Waals surface area (Å²) in [6, 6.07) is 25.7. The van der Waals surface area contributed by atoms with Gasteiger partial charge in [0, 0.05) is 13.1 Å². The molecule has 62 heavy (non-hydrogen) atoms. The number of nitrogens with zero attached hydrogens (tertiary/aromatic N) is 3. The quantitative estimate of drug-likeness (QED) is 0.0401. The van der Waals surface area contributed by atoms with E-state index in [1.807, 2.05) is 0 Å². The zero-order valence-electron chi connectivity index (χ0n) is 33.5. The number of aromatic nitrogens is 2. The molecule has 0 spiro atoms. The van der Waals surface area contributed by atoms with E-state index in [2.05, 4.69) is 5.10 Å². The number of benzene rings is 4. The van der Waals surface area contributed by atoms with Crippen molar-refractivity contribution in [1.29, 1.82) is 0 Å². The van der Waals surface area contributed by atoms with Gasteiger partial charge in [-0.2, -0.15) is 0 Å². The monoisotopic (exact) mass is 885 g/mol.